The van der Waals surface area contributed by atoms with Crippen molar-refractivity contribution in [3.63, 3.8) is 0 Å². The summed E-state index contributed by atoms with van der Waals surface area (Å²) in [6.07, 6.45) is 0. The zero-order valence-corrected chi connectivity index (χ0v) is 11.7. The fourth-order valence-corrected chi connectivity index (χ4v) is 3.05. The summed E-state index contributed by atoms with van der Waals surface area (Å²) in [5.74, 6) is 6.17. The molecular weight excluding hydrogens is 260 g/mol. The third-order valence-corrected chi connectivity index (χ3v) is 4.19. The molecule has 0 amide bonds. The van der Waals surface area contributed by atoms with Gasteiger partial charge in [0.05, 0.1) is 6.54 Å². The van der Waals surface area contributed by atoms with E-state index in [1.165, 1.54) is 0 Å². The van der Waals surface area contributed by atoms with Gasteiger partial charge in [-0.2, -0.15) is 0 Å². The van der Waals surface area contributed by atoms with E-state index in [-0.39, 0.29) is 0 Å². The second-order valence-electron chi connectivity index (χ2n) is 3.57. The van der Waals surface area contributed by atoms with Gasteiger partial charge in [-0.3, -0.25) is 0 Å². The van der Waals surface area contributed by atoms with Crippen LogP contribution >= 0.6 is 29.3 Å². The normalized spacial score (nSPS) is 10.7. The lowest BCUT2D eigenvalue weighted by molar-refractivity contribution is 0.433. The van der Waals surface area contributed by atoms with Gasteiger partial charge in [-0.25, -0.2) is 4.67 Å². The van der Waals surface area contributed by atoms with E-state index in [0.29, 0.717) is 12.6 Å². The van der Waals surface area contributed by atoms with Gasteiger partial charge in [-0.15, -0.1) is 0 Å². The fraction of sp³-hybridized carbons (Fsp3) is 0.333. The van der Waals surface area contributed by atoms with Gasteiger partial charge in [0, 0.05) is 11.6 Å². The van der Waals surface area contributed by atoms with Crippen molar-refractivity contribution in [3.05, 3.63) is 35.9 Å². The first-order chi connectivity index (χ1) is 7.61. The van der Waals surface area contributed by atoms with E-state index in [1.807, 2.05) is 35.0 Å². The van der Waals surface area contributed by atoms with Crippen LogP contribution in [-0.4, -0.2) is 17.3 Å². The van der Waals surface area contributed by atoms with Crippen molar-refractivity contribution in [1.29, 1.82) is 0 Å². The predicted molar refractivity (Wildman–Crippen MR) is 73.8 cm³/mol. The summed E-state index contributed by atoms with van der Waals surface area (Å²) in [6.45, 7) is 3.61. The van der Waals surface area contributed by atoms with Crippen LogP contribution in [0.2, 0.25) is 0 Å². The Bertz CT molecular complexity index is 360. The number of benzene rings is 1. The van der Waals surface area contributed by atoms with Crippen LogP contribution in [0.4, 0.5) is 0 Å². The zero-order valence-electron chi connectivity index (χ0n) is 9.32. The van der Waals surface area contributed by atoms with Crippen molar-refractivity contribution in [3.8, 4) is 11.8 Å². The van der Waals surface area contributed by atoms with Crippen molar-refractivity contribution in [2.24, 2.45) is 0 Å². The Morgan fingerprint density at radius 3 is 2.38 bits per heavy atom. The molecule has 86 valence electrons. The Kier molecular flexibility index (Phi) is 6.17. The summed E-state index contributed by atoms with van der Waals surface area (Å²) in [7, 11) is 0. The van der Waals surface area contributed by atoms with Crippen molar-refractivity contribution in [1.82, 2.24) is 4.67 Å². The largest absolute Gasteiger partial charge is 0.243 e. The van der Waals surface area contributed by atoms with Crippen LogP contribution in [0.15, 0.2) is 30.3 Å². The number of rotatable bonds is 3. The van der Waals surface area contributed by atoms with Crippen LogP contribution in [0.3, 0.4) is 0 Å². The van der Waals surface area contributed by atoms with Gasteiger partial charge in [-0.1, -0.05) is 52.5 Å². The van der Waals surface area contributed by atoms with Crippen molar-refractivity contribution in [2.45, 2.75) is 19.9 Å². The molecule has 0 spiro atoms. The molecule has 1 aromatic rings. The third-order valence-electron chi connectivity index (χ3n) is 2.04. The first-order valence-electron chi connectivity index (χ1n) is 5.03. The maximum absolute atomic E-state index is 5.91. The van der Waals surface area contributed by atoms with Gasteiger partial charge in [0.1, 0.15) is 0 Å². The predicted octanol–water partition coefficient (Wildman–Crippen LogP) is 4.45. The quantitative estimate of drug-likeness (QED) is 0.581. The molecule has 0 aliphatic heterocycles. The highest BCUT2D eigenvalue weighted by Crippen LogP contribution is 2.51. The van der Waals surface area contributed by atoms with Crippen molar-refractivity contribution in [2.75, 3.05) is 6.54 Å². The first kappa shape index (κ1) is 13.8. The first-order valence-corrected chi connectivity index (χ1v) is 8.14. The van der Waals surface area contributed by atoms with Crippen LogP contribution in [0.25, 0.3) is 0 Å². The molecule has 0 heterocycles. The highest BCUT2D eigenvalue weighted by atomic mass is 35.9. The van der Waals surface area contributed by atoms with Crippen LogP contribution in [0.5, 0.6) is 0 Å². The summed E-state index contributed by atoms with van der Waals surface area (Å²) in [6, 6.07) is 10.2. The second-order valence-corrected chi connectivity index (χ2v) is 6.96. The highest BCUT2D eigenvalue weighted by Gasteiger charge is 2.15. The Balaban J connectivity index is 2.59. The van der Waals surface area contributed by atoms with Gasteiger partial charge in [0.2, 0.25) is 0 Å². The molecule has 1 rings (SSSR count). The van der Waals surface area contributed by atoms with E-state index in [2.05, 4.69) is 25.7 Å². The molecule has 4 heteroatoms. The molecule has 0 aliphatic carbocycles. The van der Waals surface area contributed by atoms with Gasteiger partial charge in [0.25, 0.3) is 0 Å². The lowest BCUT2D eigenvalue weighted by atomic mass is 10.2. The van der Waals surface area contributed by atoms with E-state index in [0.717, 1.165) is 5.56 Å². The van der Waals surface area contributed by atoms with E-state index in [1.54, 1.807) is 0 Å². The zero-order chi connectivity index (χ0) is 12.0. The summed E-state index contributed by atoms with van der Waals surface area (Å²) in [5.41, 5.74) is 1.01. The van der Waals surface area contributed by atoms with Crippen molar-refractivity contribution >= 4 is 29.3 Å². The van der Waals surface area contributed by atoms with Crippen LogP contribution < -0.4 is 0 Å². The van der Waals surface area contributed by atoms with E-state index in [4.69, 9.17) is 22.5 Å². The Morgan fingerprint density at radius 2 is 1.88 bits per heavy atom. The lowest BCUT2D eigenvalue weighted by Crippen LogP contribution is -2.23. The Hall–Kier alpha value is -0.250. The highest BCUT2D eigenvalue weighted by molar-refractivity contribution is 8.02. The van der Waals surface area contributed by atoms with Gasteiger partial charge >= 0.3 is 0 Å². The summed E-state index contributed by atoms with van der Waals surface area (Å²) >= 11 is 11.8. The molecule has 0 saturated heterocycles. The van der Waals surface area contributed by atoms with Crippen LogP contribution in [0.1, 0.15) is 19.4 Å². The van der Waals surface area contributed by atoms with E-state index < -0.39 is 6.78 Å². The molecular formula is C12H14Cl2NP. The Morgan fingerprint density at radius 1 is 1.25 bits per heavy atom. The number of hydrogen-bond donors (Lipinski definition) is 0. The topological polar surface area (TPSA) is 3.24 Å². The third kappa shape index (κ3) is 4.73. The van der Waals surface area contributed by atoms with E-state index >= 15 is 0 Å². The fourth-order valence-electron chi connectivity index (χ4n) is 1.15. The standard InChI is InChI=1S/C12H14Cl2NP/c1-11(2)15(16(13)14)10-6-9-12-7-4-3-5-8-12/h3-5,7-8,11H,10H2,1-2H3. The van der Waals surface area contributed by atoms with Gasteiger partial charge in [-0.05, 0) is 26.0 Å². The molecule has 0 unspecified atom stereocenters. The molecule has 1 nitrogen and oxygen atoms in total. The molecule has 0 saturated carbocycles. The van der Waals surface area contributed by atoms with E-state index in [9.17, 15) is 0 Å². The smallest absolute Gasteiger partial charge is 0.160 e. The average Bonchev–Trinajstić information content (AvgIpc) is 2.24. The summed E-state index contributed by atoms with van der Waals surface area (Å²) in [4.78, 5) is 0. The Labute approximate surface area is 108 Å². The summed E-state index contributed by atoms with van der Waals surface area (Å²) in [5, 5.41) is 0. The number of halogens is 2. The molecule has 0 fully saturated rings. The minimum atomic E-state index is -1.11. The van der Waals surface area contributed by atoms with Gasteiger partial charge < -0.3 is 0 Å². The molecule has 1 aromatic carbocycles. The molecule has 0 aliphatic rings. The molecule has 0 atom stereocenters. The second kappa shape index (κ2) is 7.15. The average molecular weight is 274 g/mol. The molecule has 0 bridgehead atoms. The minimum Gasteiger partial charge on any atom is -0.243 e. The number of nitrogens with zero attached hydrogens (tertiary/aromatic N) is 1. The van der Waals surface area contributed by atoms with Crippen LogP contribution in [-0.2, 0) is 0 Å². The summed E-state index contributed by atoms with van der Waals surface area (Å²) < 4.78 is 1.98. The maximum atomic E-state index is 5.91. The monoisotopic (exact) mass is 273 g/mol. The molecule has 16 heavy (non-hydrogen) atoms. The lowest BCUT2D eigenvalue weighted by Gasteiger charge is -2.23. The SMILES string of the molecule is CC(C)N(CC#Cc1ccccc1)P(Cl)Cl. The molecule has 0 aromatic heterocycles. The minimum absolute atomic E-state index is 0.311. The molecule has 0 N–H and O–H groups in total. The van der Waals surface area contributed by atoms with Gasteiger partial charge in [0.15, 0.2) is 6.78 Å². The molecule has 0 radical (unpaired) electrons. The number of hydrogen-bond acceptors (Lipinski definition) is 1. The maximum Gasteiger partial charge on any atom is 0.160 e. The van der Waals surface area contributed by atoms with Crippen LogP contribution in [0, 0.1) is 11.8 Å². The van der Waals surface area contributed by atoms with Crippen molar-refractivity contribution < 1.29 is 0 Å².